The molecule has 1 amide bonds. The number of hydrogen-bond donors (Lipinski definition) is 1. The first-order valence-electron chi connectivity index (χ1n) is 6.05. The number of amides is 1. The quantitative estimate of drug-likeness (QED) is 0.717. The van der Waals surface area contributed by atoms with Crippen molar-refractivity contribution in [1.82, 2.24) is 5.32 Å². The Bertz CT molecular complexity index is 255. The molecule has 2 aliphatic carbocycles. The normalized spacial score (nSPS) is 33.6. The van der Waals surface area contributed by atoms with Gasteiger partial charge in [-0.25, -0.2) is 0 Å². The van der Waals surface area contributed by atoms with Crippen LogP contribution in [0.5, 0.6) is 0 Å². The topological polar surface area (TPSA) is 47.6 Å². The van der Waals surface area contributed by atoms with Crippen LogP contribution in [0.4, 0.5) is 0 Å². The first-order chi connectivity index (χ1) is 7.69. The summed E-state index contributed by atoms with van der Waals surface area (Å²) in [5, 5.41) is 2.98. The summed E-state index contributed by atoms with van der Waals surface area (Å²) in [5.41, 5.74) is 0. The average molecular weight is 227 g/mol. The van der Waals surface area contributed by atoms with Crippen molar-refractivity contribution in [3.05, 3.63) is 0 Å². The Morgan fingerprint density at radius 1 is 1.25 bits per heavy atom. The van der Waals surface area contributed by atoms with E-state index in [0.717, 1.165) is 0 Å². The van der Waals surface area contributed by atoms with Gasteiger partial charge < -0.3 is 14.8 Å². The van der Waals surface area contributed by atoms with E-state index in [1.807, 2.05) is 6.92 Å². The van der Waals surface area contributed by atoms with Crippen LogP contribution < -0.4 is 5.32 Å². The van der Waals surface area contributed by atoms with Crippen LogP contribution in [0.1, 0.15) is 26.2 Å². The van der Waals surface area contributed by atoms with Gasteiger partial charge in [0.25, 0.3) is 0 Å². The van der Waals surface area contributed by atoms with Gasteiger partial charge in [0.2, 0.25) is 5.91 Å². The van der Waals surface area contributed by atoms with Gasteiger partial charge in [-0.15, -0.1) is 0 Å². The van der Waals surface area contributed by atoms with Crippen molar-refractivity contribution in [1.29, 1.82) is 0 Å². The van der Waals surface area contributed by atoms with E-state index in [2.05, 4.69) is 5.32 Å². The lowest BCUT2D eigenvalue weighted by molar-refractivity contribution is -0.137. The third-order valence-electron chi connectivity index (χ3n) is 3.95. The fourth-order valence-electron chi connectivity index (χ4n) is 3.10. The minimum Gasteiger partial charge on any atom is -0.354 e. The molecule has 0 aromatic heterocycles. The summed E-state index contributed by atoms with van der Waals surface area (Å²) in [6.07, 6.45) is 3.40. The molecule has 0 aromatic carbocycles. The molecule has 0 heterocycles. The van der Waals surface area contributed by atoms with Crippen molar-refractivity contribution in [2.45, 2.75) is 38.5 Å². The fourth-order valence-corrected chi connectivity index (χ4v) is 3.10. The molecule has 16 heavy (non-hydrogen) atoms. The number of hydrogen-bond acceptors (Lipinski definition) is 3. The van der Waals surface area contributed by atoms with Gasteiger partial charge in [0.05, 0.1) is 6.04 Å². The van der Waals surface area contributed by atoms with Gasteiger partial charge in [-0.05, 0) is 31.6 Å². The predicted octanol–water partition coefficient (Wildman–Crippen LogP) is 1.16. The van der Waals surface area contributed by atoms with E-state index in [-0.39, 0.29) is 24.2 Å². The van der Waals surface area contributed by atoms with Gasteiger partial charge in [-0.3, -0.25) is 4.79 Å². The Morgan fingerprint density at radius 3 is 2.31 bits per heavy atom. The van der Waals surface area contributed by atoms with E-state index in [0.29, 0.717) is 11.8 Å². The Morgan fingerprint density at radius 2 is 1.81 bits per heavy atom. The highest BCUT2D eigenvalue weighted by atomic mass is 16.7. The highest BCUT2D eigenvalue weighted by Gasteiger charge is 2.56. The molecular formula is C12H21NO3. The maximum Gasteiger partial charge on any atom is 0.224 e. The minimum atomic E-state index is -0.359. The summed E-state index contributed by atoms with van der Waals surface area (Å²) in [7, 11) is 3.17. The fraction of sp³-hybridized carbons (Fsp3) is 0.917. The minimum absolute atomic E-state index is 0.0937. The van der Waals surface area contributed by atoms with Crippen LogP contribution in [0, 0.1) is 17.8 Å². The van der Waals surface area contributed by atoms with E-state index in [1.54, 1.807) is 14.2 Å². The summed E-state index contributed by atoms with van der Waals surface area (Å²) in [4.78, 5) is 11.9. The number of carbonyl (C=O) groups is 1. The van der Waals surface area contributed by atoms with Gasteiger partial charge in [-0.2, -0.15) is 0 Å². The second-order valence-corrected chi connectivity index (χ2v) is 4.92. The molecule has 92 valence electrons. The highest BCUT2D eigenvalue weighted by Crippen LogP contribution is 2.57. The van der Waals surface area contributed by atoms with Crippen LogP contribution in [-0.4, -0.2) is 32.5 Å². The first kappa shape index (κ1) is 11.9. The molecule has 3 unspecified atom stereocenters. The van der Waals surface area contributed by atoms with Crippen LogP contribution >= 0.6 is 0 Å². The summed E-state index contributed by atoms with van der Waals surface area (Å²) in [6, 6.07) is -0.0937. The molecule has 2 aliphatic rings. The Labute approximate surface area is 96.7 Å². The monoisotopic (exact) mass is 227 g/mol. The molecule has 0 bridgehead atoms. The Balaban J connectivity index is 1.79. The molecule has 3 atom stereocenters. The summed E-state index contributed by atoms with van der Waals surface area (Å²) < 4.78 is 10.2. The molecule has 4 heteroatoms. The van der Waals surface area contributed by atoms with Gasteiger partial charge in [0, 0.05) is 20.1 Å². The lowest BCUT2D eigenvalue weighted by Gasteiger charge is -2.22. The zero-order valence-corrected chi connectivity index (χ0v) is 10.2. The van der Waals surface area contributed by atoms with Crippen molar-refractivity contribution in [2.24, 2.45) is 17.8 Å². The van der Waals surface area contributed by atoms with E-state index in [1.165, 1.54) is 19.3 Å². The summed E-state index contributed by atoms with van der Waals surface area (Å²) in [5.74, 6) is 1.78. The molecule has 0 saturated heterocycles. The third kappa shape index (κ3) is 2.09. The summed E-state index contributed by atoms with van der Waals surface area (Å²) in [6.45, 7) is 1.91. The molecule has 0 aliphatic heterocycles. The van der Waals surface area contributed by atoms with Crippen molar-refractivity contribution >= 4 is 5.91 Å². The molecular weight excluding hydrogens is 206 g/mol. The van der Waals surface area contributed by atoms with Crippen molar-refractivity contribution in [3.8, 4) is 0 Å². The van der Waals surface area contributed by atoms with Gasteiger partial charge in [0.1, 0.15) is 0 Å². The number of carbonyl (C=O) groups excluding carboxylic acids is 1. The Hall–Kier alpha value is -0.610. The van der Waals surface area contributed by atoms with E-state index < -0.39 is 0 Å². The van der Waals surface area contributed by atoms with Gasteiger partial charge in [0.15, 0.2) is 6.29 Å². The molecule has 2 rings (SSSR count). The van der Waals surface area contributed by atoms with Gasteiger partial charge >= 0.3 is 0 Å². The first-order valence-corrected chi connectivity index (χ1v) is 6.05. The van der Waals surface area contributed by atoms with Crippen LogP contribution in [0.25, 0.3) is 0 Å². The maximum absolute atomic E-state index is 11.9. The van der Waals surface area contributed by atoms with Crippen molar-refractivity contribution < 1.29 is 14.3 Å². The van der Waals surface area contributed by atoms with E-state index in [4.69, 9.17) is 9.47 Å². The standard InChI is InChI=1S/C12H21NO3/c1-7(12(15-2)16-3)13-11(14)10-8-5-4-6-9(8)10/h7-10,12H,4-6H2,1-3H3,(H,13,14). The summed E-state index contributed by atoms with van der Waals surface area (Å²) >= 11 is 0. The number of rotatable bonds is 5. The molecule has 2 saturated carbocycles. The number of ether oxygens (including phenoxy) is 2. The molecule has 0 aromatic rings. The van der Waals surface area contributed by atoms with E-state index in [9.17, 15) is 4.79 Å². The maximum atomic E-state index is 11.9. The smallest absolute Gasteiger partial charge is 0.224 e. The van der Waals surface area contributed by atoms with Crippen molar-refractivity contribution in [3.63, 3.8) is 0 Å². The molecule has 1 N–H and O–H groups in total. The Kier molecular flexibility index (Phi) is 3.50. The van der Waals surface area contributed by atoms with Crippen LogP contribution in [0.2, 0.25) is 0 Å². The second kappa shape index (κ2) is 4.72. The molecule has 0 radical (unpaired) electrons. The van der Waals surface area contributed by atoms with Crippen LogP contribution in [0.15, 0.2) is 0 Å². The third-order valence-corrected chi connectivity index (χ3v) is 3.95. The van der Waals surface area contributed by atoms with Crippen molar-refractivity contribution in [2.75, 3.05) is 14.2 Å². The largest absolute Gasteiger partial charge is 0.354 e. The van der Waals surface area contributed by atoms with E-state index >= 15 is 0 Å². The molecule has 4 nitrogen and oxygen atoms in total. The highest BCUT2D eigenvalue weighted by molar-refractivity contribution is 5.82. The number of fused-ring (bicyclic) bond motifs is 1. The zero-order chi connectivity index (χ0) is 11.7. The number of methoxy groups -OCH3 is 2. The lowest BCUT2D eigenvalue weighted by atomic mass is 10.1. The van der Waals surface area contributed by atoms with Gasteiger partial charge in [-0.1, -0.05) is 6.42 Å². The molecule has 2 fully saturated rings. The lowest BCUT2D eigenvalue weighted by Crippen LogP contribution is -2.44. The van der Waals surface area contributed by atoms with Crippen LogP contribution in [-0.2, 0) is 14.3 Å². The molecule has 0 spiro atoms. The second-order valence-electron chi connectivity index (χ2n) is 4.92. The SMILES string of the molecule is COC(OC)C(C)NC(=O)C1C2CCCC21. The average Bonchev–Trinajstić information content (AvgIpc) is 2.75. The predicted molar refractivity (Wildman–Crippen MR) is 59.7 cm³/mol. The van der Waals surface area contributed by atoms with Crippen LogP contribution in [0.3, 0.4) is 0 Å². The number of nitrogens with one attached hydrogen (secondary N) is 1. The zero-order valence-electron chi connectivity index (χ0n) is 10.2.